The standard InChI is InChI=1S/C37H37N5O7/c1-46-31-15-27-29(39-19-25-9-6-11-41(25)36(27)44)17-33(31)48-12-10-38-35(43)14-24-13-26-20-40-30-18-34(49-22-23-7-4-3-5-8-23)32(47-2)16-28(30)37(45)42(26)21-24/h3-5,7-8,14-20,25-26H,6,9-13,21-22H2,1-2H3,(H,38,43)/b24-14+/t25-,26-/m0/s1. The molecule has 1 N–H and O–H groups in total. The molecule has 252 valence electrons. The van der Waals surface area contributed by atoms with E-state index in [0.29, 0.717) is 71.6 Å². The zero-order chi connectivity index (χ0) is 33.9. The summed E-state index contributed by atoms with van der Waals surface area (Å²) in [5.74, 6) is 1.27. The minimum absolute atomic E-state index is 0.00746. The molecule has 3 amide bonds. The molecule has 0 bridgehead atoms. The molecule has 3 aromatic rings. The first-order valence-electron chi connectivity index (χ1n) is 16.3. The van der Waals surface area contributed by atoms with E-state index in [1.54, 1.807) is 35.4 Å². The number of benzene rings is 3. The number of ether oxygens (including phenoxy) is 4. The molecule has 0 unspecified atom stereocenters. The smallest absolute Gasteiger partial charge is 0.257 e. The molecule has 2 atom stereocenters. The largest absolute Gasteiger partial charge is 0.493 e. The highest BCUT2D eigenvalue weighted by molar-refractivity contribution is 6.05. The second-order valence-corrected chi connectivity index (χ2v) is 12.2. The van der Waals surface area contributed by atoms with Crippen LogP contribution in [0.25, 0.3) is 0 Å². The van der Waals surface area contributed by atoms with E-state index in [4.69, 9.17) is 18.9 Å². The van der Waals surface area contributed by atoms with Crippen LogP contribution in [0.3, 0.4) is 0 Å². The fourth-order valence-corrected chi connectivity index (χ4v) is 6.59. The van der Waals surface area contributed by atoms with Crippen molar-refractivity contribution in [3.8, 4) is 23.0 Å². The molecule has 2 saturated heterocycles. The first-order valence-corrected chi connectivity index (χ1v) is 16.3. The zero-order valence-corrected chi connectivity index (χ0v) is 27.4. The predicted molar refractivity (Wildman–Crippen MR) is 183 cm³/mol. The Balaban J connectivity index is 0.955. The molecule has 3 aromatic carbocycles. The maximum atomic E-state index is 13.6. The third kappa shape index (κ3) is 6.58. The molecule has 4 aliphatic heterocycles. The Morgan fingerprint density at radius 1 is 0.857 bits per heavy atom. The van der Waals surface area contributed by atoms with Gasteiger partial charge in [0.05, 0.1) is 55.3 Å². The molecule has 0 spiro atoms. The zero-order valence-electron chi connectivity index (χ0n) is 27.4. The van der Waals surface area contributed by atoms with Gasteiger partial charge in [-0.2, -0.15) is 0 Å². The predicted octanol–water partition coefficient (Wildman–Crippen LogP) is 4.66. The molecule has 0 radical (unpaired) electrons. The number of carbonyl (C=O) groups is 3. The Morgan fingerprint density at radius 2 is 1.51 bits per heavy atom. The molecule has 0 saturated carbocycles. The summed E-state index contributed by atoms with van der Waals surface area (Å²) in [7, 11) is 3.06. The number of nitrogens with one attached hydrogen (secondary N) is 1. The van der Waals surface area contributed by atoms with Gasteiger partial charge >= 0.3 is 0 Å². The summed E-state index contributed by atoms with van der Waals surface area (Å²) in [5, 5.41) is 2.85. The Kier molecular flexibility index (Phi) is 9.01. The van der Waals surface area contributed by atoms with Crippen LogP contribution in [-0.4, -0.2) is 92.5 Å². The molecule has 4 aliphatic rings. The molecule has 12 heteroatoms. The van der Waals surface area contributed by atoms with Crippen LogP contribution in [0.1, 0.15) is 45.5 Å². The van der Waals surface area contributed by atoms with Gasteiger partial charge in [0.15, 0.2) is 23.0 Å². The van der Waals surface area contributed by atoms with Gasteiger partial charge in [-0.05, 0) is 42.5 Å². The van der Waals surface area contributed by atoms with E-state index in [2.05, 4.69) is 15.3 Å². The van der Waals surface area contributed by atoms with Crippen LogP contribution in [0.4, 0.5) is 11.4 Å². The molecule has 0 aromatic heterocycles. The highest BCUT2D eigenvalue weighted by atomic mass is 16.5. The maximum Gasteiger partial charge on any atom is 0.257 e. The molecule has 0 aliphatic carbocycles. The number of methoxy groups -OCH3 is 2. The van der Waals surface area contributed by atoms with Crippen LogP contribution >= 0.6 is 0 Å². The fraction of sp³-hybridized carbons (Fsp3) is 0.324. The average Bonchev–Trinajstić information content (AvgIpc) is 3.71. The van der Waals surface area contributed by atoms with E-state index in [-0.39, 0.29) is 43.0 Å². The second-order valence-electron chi connectivity index (χ2n) is 12.2. The molecule has 49 heavy (non-hydrogen) atoms. The number of rotatable bonds is 10. The topological polar surface area (TPSA) is 131 Å². The van der Waals surface area contributed by atoms with Gasteiger partial charge < -0.3 is 34.1 Å². The van der Waals surface area contributed by atoms with Gasteiger partial charge in [-0.25, -0.2) is 0 Å². The lowest BCUT2D eigenvalue weighted by atomic mass is 10.1. The monoisotopic (exact) mass is 663 g/mol. The first-order chi connectivity index (χ1) is 23.9. The minimum Gasteiger partial charge on any atom is -0.493 e. The SMILES string of the molecule is COc1cc2c(cc1OCCNC(=O)/C=C1\C[C@H]3C=Nc4cc(OCc5ccccc5)c(OC)cc4C(=O)N3C1)N=C[C@@H]1CCCN1C2=O. The Labute approximate surface area is 284 Å². The molecular weight excluding hydrogens is 626 g/mol. The normalized spacial score (nSPS) is 19.8. The van der Waals surface area contributed by atoms with Crippen LogP contribution < -0.4 is 24.3 Å². The van der Waals surface area contributed by atoms with E-state index in [1.807, 2.05) is 41.4 Å². The summed E-state index contributed by atoms with van der Waals surface area (Å²) in [6.45, 7) is 1.77. The number of aliphatic imine (C=N–C) groups is 2. The lowest BCUT2D eigenvalue weighted by Gasteiger charge is -2.20. The van der Waals surface area contributed by atoms with Gasteiger partial charge in [-0.3, -0.25) is 24.4 Å². The number of carbonyl (C=O) groups excluding carboxylic acids is 3. The van der Waals surface area contributed by atoms with Crippen molar-refractivity contribution >= 4 is 41.5 Å². The second kappa shape index (κ2) is 13.8. The van der Waals surface area contributed by atoms with Gasteiger partial charge in [-0.1, -0.05) is 30.3 Å². The van der Waals surface area contributed by atoms with Gasteiger partial charge in [0.2, 0.25) is 5.91 Å². The Hall–Kier alpha value is -5.65. The molecule has 2 fully saturated rings. The van der Waals surface area contributed by atoms with Crippen molar-refractivity contribution in [3.63, 3.8) is 0 Å². The quantitative estimate of drug-likeness (QED) is 0.247. The van der Waals surface area contributed by atoms with Crippen molar-refractivity contribution in [1.82, 2.24) is 15.1 Å². The van der Waals surface area contributed by atoms with Gasteiger partial charge in [0.1, 0.15) is 13.2 Å². The van der Waals surface area contributed by atoms with E-state index in [0.717, 1.165) is 24.0 Å². The van der Waals surface area contributed by atoms with Crippen LogP contribution in [-0.2, 0) is 11.4 Å². The number of amides is 3. The molecular formula is C37H37N5O7. The van der Waals surface area contributed by atoms with Gasteiger partial charge in [0.25, 0.3) is 11.8 Å². The van der Waals surface area contributed by atoms with Crippen molar-refractivity contribution in [2.24, 2.45) is 9.98 Å². The van der Waals surface area contributed by atoms with Gasteiger partial charge in [-0.15, -0.1) is 0 Å². The molecule has 12 nitrogen and oxygen atoms in total. The summed E-state index contributed by atoms with van der Waals surface area (Å²) in [6.07, 6.45) is 7.46. The first kappa shape index (κ1) is 31.9. The number of nitrogens with zero attached hydrogens (tertiary/aromatic N) is 4. The van der Waals surface area contributed by atoms with E-state index >= 15 is 0 Å². The molecule has 7 rings (SSSR count). The van der Waals surface area contributed by atoms with Crippen LogP contribution in [0.2, 0.25) is 0 Å². The van der Waals surface area contributed by atoms with Crippen molar-refractivity contribution in [2.45, 2.75) is 38.0 Å². The van der Waals surface area contributed by atoms with Crippen LogP contribution in [0.5, 0.6) is 23.0 Å². The highest BCUT2D eigenvalue weighted by Gasteiger charge is 2.36. The fourth-order valence-electron chi connectivity index (χ4n) is 6.59. The summed E-state index contributed by atoms with van der Waals surface area (Å²) >= 11 is 0. The summed E-state index contributed by atoms with van der Waals surface area (Å²) in [4.78, 5) is 52.3. The third-order valence-corrected chi connectivity index (χ3v) is 9.09. The van der Waals surface area contributed by atoms with E-state index in [1.165, 1.54) is 20.3 Å². The Bertz CT molecular complexity index is 1870. The average molecular weight is 664 g/mol. The van der Waals surface area contributed by atoms with Crippen LogP contribution in [0, 0.1) is 0 Å². The maximum absolute atomic E-state index is 13.6. The summed E-state index contributed by atoms with van der Waals surface area (Å²) < 4.78 is 23.0. The lowest BCUT2D eigenvalue weighted by molar-refractivity contribution is -0.116. The Morgan fingerprint density at radius 3 is 2.20 bits per heavy atom. The van der Waals surface area contributed by atoms with Crippen molar-refractivity contribution in [3.05, 3.63) is 82.9 Å². The van der Waals surface area contributed by atoms with Crippen molar-refractivity contribution in [1.29, 1.82) is 0 Å². The molecule has 4 heterocycles. The number of hydrogen-bond acceptors (Lipinski definition) is 9. The highest BCUT2D eigenvalue weighted by Crippen LogP contribution is 2.40. The third-order valence-electron chi connectivity index (χ3n) is 9.09. The van der Waals surface area contributed by atoms with E-state index in [9.17, 15) is 14.4 Å². The van der Waals surface area contributed by atoms with Crippen LogP contribution in [0.15, 0.2) is 76.2 Å². The van der Waals surface area contributed by atoms with Gasteiger partial charge in [0, 0.05) is 43.7 Å². The minimum atomic E-state index is -0.285. The number of hydrogen-bond donors (Lipinski definition) is 1. The van der Waals surface area contributed by atoms with Crippen molar-refractivity contribution in [2.75, 3.05) is 40.5 Å². The lowest BCUT2D eigenvalue weighted by Crippen LogP contribution is -2.35. The van der Waals surface area contributed by atoms with E-state index < -0.39 is 0 Å². The number of fused-ring (bicyclic) bond motifs is 4. The summed E-state index contributed by atoms with van der Waals surface area (Å²) in [6, 6.07) is 16.3. The summed E-state index contributed by atoms with van der Waals surface area (Å²) in [5.41, 5.74) is 3.77. The van der Waals surface area contributed by atoms with Crippen molar-refractivity contribution < 1.29 is 33.3 Å².